The third-order valence-corrected chi connectivity index (χ3v) is 5.37. The summed E-state index contributed by atoms with van der Waals surface area (Å²) >= 11 is 0. The maximum atomic E-state index is 11.9. The van der Waals surface area contributed by atoms with Crippen LogP contribution in [0.4, 0.5) is 0 Å². The van der Waals surface area contributed by atoms with Crippen molar-refractivity contribution in [2.45, 2.75) is 50.5 Å². The van der Waals surface area contributed by atoms with E-state index < -0.39 is 8.07 Å². The molecule has 1 fully saturated rings. The summed E-state index contributed by atoms with van der Waals surface area (Å²) in [5.74, 6) is -0.0519. The molecule has 2 rings (SSSR count). The van der Waals surface area contributed by atoms with Crippen LogP contribution in [-0.4, -0.2) is 25.3 Å². The first-order valence-electron chi connectivity index (χ1n) is 6.84. The van der Waals surface area contributed by atoms with Crippen LogP contribution < -0.4 is 0 Å². The van der Waals surface area contributed by atoms with Gasteiger partial charge in [-0.05, 0) is 24.1 Å². The van der Waals surface area contributed by atoms with Crippen LogP contribution in [0, 0.1) is 0 Å². The van der Waals surface area contributed by atoms with Crippen LogP contribution in [0.15, 0.2) is 24.3 Å². The van der Waals surface area contributed by atoms with Gasteiger partial charge in [0.1, 0.15) is 11.9 Å². The summed E-state index contributed by atoms with van der Waals surface area (Å²) in [6.07, 6.45) is 1.82. The lowest BCUT2D eigenvalue weighted by Crippen LogP contribution is -2.22. The summed E-state index contributed by atoms with van der Waals surface area (Å²) in [5, 5.41) is 9.28. The van der Waals surface area contributed by atoms with Gasteiger partial charge in [0.15, 0.2) is 0 Å². The van der Waals surface area contributed by atoms with Gasteiger partial charge in [0.2, 0.25) is 0 Å². The van der Waals surface area contributed by atoms with Gasteiger partial charge in [-0.2, -0.15) is 0 Å². The summed E-state index contributed by atoms with van der Waals surface area (Å²) in [6, 6.07) is 8.05. The van der Waals surface area contributed by atoms with E-state index in [-0.39, 0.29) is 23.7 Å². The van der Waals surface area contributed by atoms with E-state index in [1.807, 2.05) is 12.1 Å². The van der Waals surface area contributed by atoms with Crippen LogP contribution in [0.1, 0.15) is 24.3 Å². The molecule has 2 atom stereocenters. The molecule has 0 amide bonds. The van der Waals surface area contributed by atoms with Gasteiger partial charge in [0.05, 0.1) is 5.92 Å². The predicted molar refractivity (Wildman–Crippen MR) is 78.1 cm³/mol. The van der Waals surface area contributed by atoms with Gasteiger partial charge in [-0.25, -0.2) is 0 Å². The predicted octanol–water partition coefficient (Wildman–Crippen LogP) is 3.52. The molecular weight excluding hydrogens is 256 g/mol. The fourth-order valence-electron chi connectivity index (χ4n) is 2.40. The quantitative estimate of drug-likeness (QED) is 0.677. The van der Waals surface area contributed by atoms with Crippen molar-refractivity contribution < 1.29 is 14.6 Å². The number of esters is 1. The Morgan fingerprint density at radius 2 is 1.89 bits per heavy atom. The molecule has 1 heterocycles. The van der Waals surface area contributed by atoms with E-state index in [1.54, 1.807) is 12.1 Å². The van der Waals surface area contributed by atoms with Gasteiger partial charge in [-0.15, -0.1) is 0 Å². The molecule has 4 heteroatoms. The Balaban J connectivity index is 1.98. The number of cyclic esters (lactones) is 1. The number of hydrogen-bond donors (Lipinski definition) is 1. The third kappa shape index (κ3) is 3.83. The van der Waals surface area contributed by atoms with Crippen molar-refractivity contribution in [2.75, 3.05) is 0 Å². The monoisotopic (exact) mass is 278 g/mol. The topological polar surface area (TPSA) is 46.5 Å². The van der Waals surface area contributed by atoms with Crippen molar-refractivity contribution >= 4 is 14.0 Å². The first-order chi connectivity index (χ1) is 8.85. The van der Waals surface area contributed by atoms with E-state index in [4.69, 9.17) is 4.74 Å². The lowest BCUT2D eigenvalue weighted by molar-refractivity contribution is -0.142. The number of aromatic hydroxyl groups is 1. The number of ether oxygens (including phenoxy) is 1. The third-order valence-electron chi connectivity index (χ3n) is 3.58. The van der Waals surface area contributed by atoms with Crippen molar-refractivity contribution in [3.63, 3.8) is 0 Å². The molecule has 1 aliphatic heterocycles. The first kappa shape index (κ1) is 14.1. The molecule has 0 saturated carbocycles. The summed E-state index contributed by atoms with van der Waals surface area (Å²) in [7, 11) is -1.08. The van der Waals surface area contributed by atoms with Gasteiger partial charge in [-0.1, -0.05) is 37.8 Å². The van der Waals surface area contributed by atoms with Crippen LogP contribution in [0.3, 0.4) is 0 Å². The largest absolute Gasteiger partial charge is 0.508 e. The van der Waals surface area contributed by atoms with E-state index in [2.05, 4.69) is 19.6 Å². The van der Waals surface area contributed by atoms with E-state index in [9.17, 15) is 9.90 Å². The molecule has 0 spiro atoms. The van der Waals surface area contributed by atoms with Crippen LogP contribution in [0.2, 0.25) is 25.7 Å². The van der Waals surface area contributed by atoms with Gasteiger partial charge in [0.25, 0.3) is 0 Å². The zero-order chi connectivity index (χ0) is 14.0. The summed E-state index contributed by atoms with van der Waals surface area (Å²) in [4.78, 5) is 11.9. The number of rotatable bonds is 4. The van der Waals surface area contributed by atoms with Crippen molar-refractivity contribution in [1.29, 1.82) is 0 Å². The van der Waals surface area contributed by atoms with Crippen LogP contribution in [0.5, 0.6) is 5.75 Å². The van der Waals surface area contributed by atoms with Gasteiger partial charge < -0.3 is 9.84 Å². The van der Waals surface area contributed by atoms with E-state index in [0.29, 0.717) is 0 Å². The van der Waals surface area contributed by atoms with Crippen molar-refractivity contribution in [3.8, 4) is 5.75 Å². The smallest absolute Gasteiger partial charge is 0.313 e. The zero-order valence-electron chi connectivity index (χ0n) is 11.8. The maximum absolute atomic E-state index is 11.9. The van der Waals surface area contributed by atoms with E-state index in [0.717, 1.165) is 18.4 Å². The number of carbonyl (C=O) groups excluding carboxylic acids is 1. The Labute approximate surface area is 115 Å². The molecule has 19 heavy (non-hydrogen) atoms. The molecule has 1 aromatic rings. The number of benzene rings is 1. The minimum absolute atomic E-state index is 0.0676. The number of phenols is 1. The molecule has 0 radical (unpaired) electrons. The Morgan fingerprint density at radius 1 is 1.26 bits per heavy atom. The minimum Gasteiger partial charge on any atom is -0.508 e. The lowest BCUT2D eigenvalue weighted by atomic mass is 9.95. The fourth-order valence-corrected chi connectivity index (χ4v) is 3.59. The van der Waals surface area contributed by atoms with Crippen LogP contribution in [0.25, 0.3) is 0 Å². The number of carbonyl (C=O) groups is 1. The average molecular weight is 278 g/mol. The standard InChI is InChI=1S/C15H22O3Si/c1-19(2,3)9-8-13-10-14(15(17)18-13)11-4-6-12(16)7-5-11/h4-7,13-14,16H,8-10H2,1-3H3/t13-,14+/m1/s1. The molecule has 0 bridgehead atoms. The highest BCUT2D eigenvalue weighted by molar-refractivity contribution is 6.76. The highest BCUT2D eigenvalue weighted by Crippen LogP contribution is 2.34. The van der Waals surface area contributed by atoms with Crippen molar-refractivity contribution in [3.05, 3.63) is 29.8 Å². The summed E-state index contributed by atoms with van der Waals surface area (Å²) in [5.41, 5.74) is 0.943. The summed E-state index contributed by atoms with van der Waals surface area (Å²) < 4.78 is 5.47. The Kier molecular flexibility index (Phi) is 3.99. The van der Waals surface area contributed by atoms with Gasteiger partial charge in [-0.3, -0.25) is 4.79 Å². The molecule has 1 aromatic carbocycles. The molecule has 3 nitrogen and oxygen atoms in total. The van der Waals surface area contributed by atoms with E-state index in [1.165, 1.54) is 6.04 Å². The molecule has 0 aromatic heterocycles. The second-order valence-corrected chi connectivity index (χ2v) is 12.2. The number of phenolic OH excluding ortho intramolecular Hbond substituents is 1. The maximum Gasteiger partial charge on any atom is 0.313 e. The fraction of sp³-hybridized carbons (Fsp3) is 0.533. The SMILES string of the molecule is C[Si](C)(C)CC[C@@H]1C[C@@H](c2ccc(O)cc2)C(=O)O1. The molecule has 104 valence electrons. The second-order valence-electron chi connectivity index (χ2n) is 6.54. The normalized spacial score (nSPS) is 23.4. The molecule has 0 aliphatic carbocycles. The Hall–Kier alpha value is -1.29. The zero-order valence-corrected chi connectivity index (χ0v) is 12.8. The molecule has 0 unspecified atom stereocenters. The number of hydrogen-bond acceptors (Lipinski definition) is 3. The minimum atomic E-state index is -1.08. The Morgan fingerprint density at radius 3 is 2.47 bits per heavy atom. The lowest BCUT2D eigenvalue weighted by Gasteiger charge is -2.17. The molecular formula is C15H22O3Si. The van der Waals surface area contributed by atoms with Crippen LogP contribution in [-0.2, 0) is 9.53 Å². The van der Waals surface area contributed by atoms with E-state index >= 15 is 0 Å². The first-order valence-corrected chi connectivity index (χ1v) is 10.6. The highest BCUT2D eigenvalue weighted by Gasteiger charge is 2.35. The van der Waals surface area contributed by atoms with Crippen molar-refractivity contribution in [2.24, 2.45) is 0 Å². The van der Waals surface area contributed by atoms with Gasteiger partial charge in [0, 0.05) is 14.5 Å². The summed E-state index contributed by atoms with van der Waals surface area (Å²) in [6.45, 7) is 7.00. The van der Waals surface area contributed by atoms with Crippen molar-refractivity contribution in [1.82, 2.24) is 0 Å². The molecule has 1 saturated heterocycles. The second kappa shape index (κ2) is 5.37. The molecule has 1 N–H and O–H groups in total. The van der Waals surface area contributed by atoms with Crippen LogP contribution >= 0.6 is 0 Å². The van der Waals surface area contributed by atoms with Gasteiger partial charge >= 0.3 is 5.97 Å². The Bertz CT molecular complexity index is 447. The average Bonchev–Trinajstić information content (AvgIpc) is 2.68. The molecule has 1 aliphatic rings. The highest BCUT2D eigenvalue weighted by atomic mass is 28.3.